The summed E-state index contributed by atoms with van der Waals surface area (Å²) in [5.41, 5.74) is 2.94. The molecule has 0 aliphatic heterocycles. The molecule has 2 rings (SSSR count). The molecule has 23 heavy (non-hydrogen) atoms. The monoisotopic (exact) mass is 332 g/mol. The summed E-state index contributed by atoms with van der Waals surface area (Å²) in [5.74, 6) is 0.681. The number of halogens is 1. The van der Waals surface area contributed by atoms with Gasteiger partial charge < -0.3 is 15.4 Å². The van der Waals surface area contributed by atoms with E-state index >= 15 is 0 Å². The molecule has 2 N–H and O–H groups in total. The smallest absolute Gasteiger partial charge is 0.317 e. The van der Waals surface area contributed by atoms with Crippen LogP contribution in [0.25, 0.3) is 0 Å². The van der Waals surface area contributed by atoms with Crippen LogP contribution < -0.4 is 15.4 Å². The molecule has 1 atom stereocenters. The Bertz CT molecular complexity index is 651. The number of hydrogen-bond acceptors (Lipinski definition) is 2. The van der Waals surface area contributed by atoms with Crippen molar-refractivity contribution in [3.05, 3.63) is 64.2 Å². The summed E-state index contributed by atoms with van der Waals surface area (Å²) in [6, 6.07) is 13.1. The van der Waals surface area contributed by atoms with Crippen LogP contribution in [-0.2, 0) is 0 Å². The molecule has 0 saturated carbocycles. The van der Waals surface area contributed by atoms with Gasteiger partial charge in [-0.05, 0) is 49.6 Å². The van der Waals surface area contributed by atoms with Crippen molar-refractivity contribution in [1.29, 1.82) is 0 Å². The molecule has 0 aliphatic carbocycles. The number of ether oxygens (including phenoxy) is 1. The van der Waals surface area contributed by atoms with Gasteiger partial charge in [-0.15, -0.1) is 0 Å². The number of carbonyl (C=O) groups excluding carboxylic acids is 1. The zero-order chi connectivity index (χ0) is 16.8. The number of nitrogens with one attached hydrogen (secondary N) is 2. The van der Waals surface area contributed by atoms with Crippen LogP contribution >= 0.6 is 11.6 Å². The van der Waals surface area contributed by atoms with Crippen molar-refractivity contribution in [3.8, 4) is 5.75 Å². The molecule has 0 aromatic heterocycles. The maximum atomic E-state index is 11.9. The summed E-state index contributed by atoms with van der Waals surface area (Å²) >= 11 is 6.11. The zero-order valence-electron chi connectivity index (χ0n) is 13.5. The summed E-state index contributed by atoms with van der Waals surface area (Å²) in [5, 5.41) is 6.28. The van der Waals surface area contributed by atoms with Gasteiger partial charge in [0.2, 0.25) is 0 Å². The number of urea groups is 1. The van der Waals surface area contributed by atoms with E-state index in [1.165, 1.54) is 0 Å². The Morgan fingerprint density at radius 2 is 1.78 bits per heavy atom. The summed E-state index contributed by atoms with van der Waals surface area (Å²) < 4.78 is 5.55. The number of carbonyl (C=O) groups is 1. The minimum Gasteiger partial charge on any atom is -0.473 e. The van der Waals surface area contributed by atoms with E-state index in [0.29, 0.717) is 5.75 Å². The lowest BCUT2D eigenvalue weighted by molar-refractivity contribution is 0.221. The number of aryl methyl sites for hydroxylation is 2. The maximum Gasteiger partial charge on any atom is 0.317 e. The summed E-state index contributed by atoms with van der Waals surface area (Å²) in [7, 11) is 0. The lowest BCUT2D eigenvalue weighted by Crippen LogP contribution is -2.38. The van der Waals surface area contributed by atoms with Crippen LogP contribution in [0.1, 0.15) is 29.7 Å². The minimum atomic E-state index is -0.274. The fraction of sp³-hybridized carbons (Fsp3) is 0.278. The van der Waals surface area contributed by atoms with E-state index in [4.69, 9.17) is 16.3 Å². The second-order valence-electron chi connectivity index (χ2n) is 5.44. The van der Waals surface area contributed by atoms with Crippen LogP contribution in [0.2, 0.25) is 5.02 Å². The van der Waals surface area contributed by atoms with Crippen molar-refractivity contribution in [2.45, 2.75) is 26.8 Å². The number of rotatable bonds is 5. The van der Waals surface area contributed by atoms with Crippen molar-refractivity contribution in [1.82, 2.24) is 10.6 Å². The molecule has 0 bridgehead atoms. The Morgan fingerprint density at radius 1 is 1.17 bits per heavy atom. The zero-order valence-corrected chi connectivity index (χ0v) is 14.3. The fourth-order valence-electron chi connectivity index (χ4n) is 2.25. The van der Waals surface area contributed by atoms with Crippen molar-refractivity contribution >= 4 is 17.6 Å². The molecule has 2 aromatic carbocycles. The summed E-state index contributed by atoms with van der Waals surface area (Å²) in [4.78, 5) is 11.9. The van der Waals surface area contributed by atoms with Crippen molar-refractivity contribution in [2.75, 3.05) is 6.73 Å². The molecular formula is C18H21ClN2O2. The van der Waals surface area contributed by atoms with Gasteiger partial charge in [0.25, 0.3) is 0 Å². The topological polar surface area (TPSA) is 50.4 Å². The highest BCUT2D eigenvalue weighted by molar-refractivity contribution is 6.32. The molecule has 2 aromatic rings. The third-order valence-electron chi connectivity index (χ3n) is 3.53. The fourth-order valence-corrected chi connectivity index (χ4v) is 2.36. The van der Waals surface area contributed by atoms with Crippen LogP contribution in [-0.4, -0.2) is 12.8 Å². The van der Waals surface area contributed by atoms with E-state index in [-0.39, 0.29) is 18.8 Å². The Hall–Kier alpha value is -2.20. The second-order valence-corrected chi connectivity index (χ2v) is 5.82. The first kappa shape index (κ1) is 17.2. The number of benzene rings is 2. The largest absolute Gasteiger partial charge is 0.473 e. The third kappa shape index (κ3) is 4.89. The molecule has 0 radical (unpaired) electrons. The molecular weight excluding hydrogens is 312 g/mol. The quantitative estimate of drug-likeness (QED) is 0.799. The first-order valence-corrected chi connectivity index (χ1v) is 7.84. The Morgan fingerprint density at radius 3 is 2.39 bits per heavy atom. The van der Waals surface area contributed by atoms with Crippen LogP contribution in [0.15, 0.2) is 42.5 Å². The summed E-state index contributed by atoms with van der Waals surface area (Å²) in [6.45, 7) is 5.86. The Kier molecular flexibility index (Phi) is 5.88. The highest BCUT2D eigenvalue weighted by atomic mass is 35.5. The molecule has 0 heterocycles. The van der Waals surface area contributed by atoms with E-state index in [2.05, 4.69) is 10.6 Å². The average Bonchev–Trinajstić information content (AvgIpc) is 2.53. The van der Waals surface area contributed by atoms with Gasteiger partial charge in [0.1, 0.15) is 5.75 Å². The van der Waals surface area contributed by atoms with Crippen molar-refractivity contribution in [2.24, 2.45) is 0 Å². The van der Waals surface area contributed by atoms with E-state index in [1.54, 1.807) is 0 Å². The van der Waals surface area contributed by atoms with Gasteiger partial charge in [-0.25, -0.2) is 4.79 Å². The average molecular weight is 333 g/mol. The first-order chi connectivity index (χ1) is 11.0. The predicted octanol–water partition coefficient (Wildman–Crippen LogP) is 4.35. The Labute approximate surface area is 141 Å². The van der Waals surface area contributed by atoms with Crippen molar-refractivity contribution < 1.29 is 9.53 Å². The molecule has 5 heteroatoms. The molecule has 0 fully saturated rings. The molecule has 1 unspecified atom stereocenters. The van der Waals surface area contributed by atoms with Crippen LogP contribution in [0.4, 0.5) is 4.79 Å². The minimum absolute atomic E-state index is 0.0729. The number of amides is 2. The van der Waals surface area contributed by atoms with Crippen LogP contribution in [0, 0.1) is 13.8 Å². The lowest BCUT2D eigenvalue weighted by atomic mass is 10.1. The molecule has 4 nitrogen and oxygen atoms in total. The maximum absolute atomic E-state index is 11.9. The van der Waals surface area contributed by atoms with Gasteiger partial charge >= 0.3 is 6.03 Å². The van der Waals surface area contributed by atoms with Gasteiger partial charge in [-0.1, -0.05) is 41.9 Å². The van der Waals surface area contributed by atoms with E-state index < -0.39 is 0 Å². The molecule has 0 spiro atoms. The highest BCUT2D eigenvalue weighted by Gasteiger charge is 2.09. The van der Waals surface area contributed by atoms with Gasteiger partial charge in [-0.2, -0.15) is 0 Å². The van der Waals surface area contributed by atoms with Crippen LogP contribution in [0.5, 0.6) is 5.75 Å². The van der Waals surface area contributed by atoms with Crippen molar-refractivity contribution in [3.63, 3.8) is 0 Å². The van der Waals surface area contributed by atoms with E-state index in [9.17, 15) is 4.79 Å². The van der Waals surface area contributed by atoms with Crippen LogP contribution in [0.3, 0.4) is 0 Å². The van der Waals surface area contributed by atoms with Gasteiger partial charge in [0, 0.05) is 5.02 Å². The Balaban J connectivity index is 1.81. The SMILES string of the molecule is Cc1cc(OCNC(=O)NC(C)c2ccccc2)cc(C)c1Cl. The van der Waals surface area contributed by atoms with E-state index in [0.717, 1.165) is 21.7 Å². The number of hydrogen-bond donors (Lipinski definition) is 2. The second kappa shape index (κ2) is 7.88. The standard InChI is InChI=1S/C18H21ClN2O2/c1-12-9-16(10-13(2)17(12)19)23-11-20-18(22)21-14(3)15-7-5-4-6-8-15/h4-10,14H,11H2,1-3H3,(H2,20,21,22). The molecule has 0 aliphatic rings. The molecule has 122 valence electrons. The van der Waals surface area contributed by atoms with Gasteiger partial charge in [0.15, 0.2) is 6.73 Å². The van der Waals surface area contributed by atoms with E-state index in [1.807, 2.05) is 63.2 Å². The molecule has 0 saturated heterocycles. The normalized spacial score (nSPS) is 11.7. The predicted molar refractivity (Wildman–Crippen MR) is 92.9 cm³/mol. The lowest BCUT2D eigenvalue weighted by Gasteiger charge is -2.15. The van der Waals surface area contributed by atoms with Gasteiger partial charge in [-0.3, -0.25) is 0 Å². The molecule has 2 amide bonds. The van der Waals surface area contributed by atoms with Gasteiger partial charge in [0.05, 0.1) is 6.04 Å². The summed E-state index contributed by atoms with van der Waals surface area (Å²) in [6.07, 6.45) is 0. The first-order valence-electron chi connectivity index (χ1n) is 7.46. The third-order valence-corrected chi connectivity index (χ3v) is 4.12. The highest BCUT2D eigenvalue weighted by Crippen LogP contribution is 2.25.